The molecule has 0 amide bonds. The lowest BCUT2D eigenvalue weighted by Gasteiger charge is -2.39. The van der Waals surface area contributed by atoms with Gasteiger partial charge in [0.2, 0.25) is 0 Å². The average molecular weight is 757 g/mol. The molecule has 1 saturated heterocycles. The Balaban J connectivity index is 2.23. The lowest BCUT2D eigenvalue weighted by molar-refractivity contribution is -0.305. The summed E-state index contributed by atoms with van der Waals surface area (Å²) in [6.45, 7) is 4.56. The van der Waals surface area contributed by atoms with Gasteiger partial charge in [-0.05, 0) is 38.5 Å². The fraction of sp³-hybridized carbons (Fsp3) is 0.932. The molecule has 1 aliphatic heterocycles. The van der Waals surface area contributed by atoms with Gasteiger partial charge in [0.1, 0.15) is 30.5 Å². The summed E-state index contributed by atoms with van der Waals surface area (Å²) < 4.78 is 22.8. The predicted octanol–water partition coefficient (Wildman–Crippen LogP) is 9.64. The van der Waals surface area contributed by atoms with Crippen LogP contribution in [0.3, 0.4) is 0 Å². The van der Waals surface area contributed by atoms with Crippen LogP contribution >= 0.6 is 0 Å². The fourth-order valence-corrected chi connectivity index (χ4v) is 6.90. The maximum Gasteiger partial charge on any atom is 0.306 e. The van der Waals surface area contributed by atoms with Crippen molar-refractivity contribution in [1.29, 1.82) is 0 Å². The first-order chi connectivity index (χ1) is 25.9. The molecule has 0 saturated carbocycles. The van der Waals surface area contributed by atoms with Crippen molar-refractivity contribution in [3.05, 3.63) is 12.2 Å². The highest BCUT2D eigenvalue weighted by molar-refractivity contribution is 5.69. The zero-order valence-electron chi connectivity index (χ0n) is 34.3. The van der Waals surface area contributed by atoms with E-state index in [4.69, 9.17) is 18.9 Å². The number of hydrogen-bond acceptors (Lipinski definition) is 9. The zero-order valence-corrected chi connectivity index (χ0v) is 34.3. The molecule has 1 fully saturated rings. The van der Waals surface area contributed by atoms with Crippen molar-refractivity contribution in [2.45, 2.75) is 237 Å². The number of unbranched alkanes of at least 4 members (excludes halogenated alkanes) is 25. The normalized spacial score (nSPS) is 21.1. The minimum absolute atomic E-state index is 0.109. The van der Waals surface area contributed by atoms with E-state index in [0.29, 0.717) is 13.0 Å². The van der Waals surface area contributed by atoms with Crippen LogP contribution in [0, 0.1) is 0 Å². The molecule has 9 heteroatoms. The molecule has 314 valence electrons. The molecule has 6 atom stereocenters. The summed E-state index contributed by atoms with van der Waals surface area (Å²) in [5.74, 6) is -0.313. The van der Waals surface area contributed by atoms with Crippen molar-refractivity contribution < 1.29 is 44.2 Å². The highest BCUT2D eigenvalue weighted by atomic mass is 16.7. The average Bonchev–Trinajstić information content (AvgIpc) is 3.16. The number of carbonyl (C=O) groups is 1. The Morgan fingerprint density at radius 3 is 1.53 bits per heavy atom. The number of ether oxygens (including phenoxy) is 4. The van der Waals surface area contributed by atoms with E-state index >= 15 is 0 Å². The minimum Gasteiger partial charge on any atom is -0.457 e. The summed E-state index contributed by atoms with van der Waals surface area (Å²) in [4.78, 5) is 12.7. The second kappa shape index (κ2) is 36.6. The van der Waals surface area contributed by atoms with Gasteiger partial charge in [-0.2, -0.15) is 0 Å². The molecule has 0 radical (unpaired) electrons. The summed E-state index contributed by atoms with van der Waals surface area (Å²) >= 11 is 0. The molecule has 1 rings (SSSR count). The number of rotatable bonds is 38. The van der Waals surface area contributed by atoms with Crippen LogP contribution in [0.2, 0.25) is 0 Å². The molecule has 1 aliphatic rings. The first kappa shape index (κ1) is 49.9. The number of carbonyl (C=O) groups excluding carboxylic acids is 1. The van der Waals surface area contributed by atoms with E-state index < -0.39 is 43.4 Å². The molecule has 0 spiro atoms. The van der Waals surface area contributed by atoms with Gasteiger partial charge in [0.15, 0.2) is 6.29 Å². The minimum atomic E-state index is -1.53. The van der Waals surface area contributed by atoms with Gasteiger partial charge in [0, 0.05) is 13.0 Å². The van der Waals surface area contributed by atoms with E-state index in [1.54, 1.807) is 0 Å². The third-order valence-electron chi connectivity index (χ3n) is 10.4. The van der Waals surface area contributed by atoms with E-state index in [0.717, 1.165) is 32.1 Å². The summed E-state index contributed by atoms with van der Waals surface area (Å²) in [5.41, 5.74) is 0. The smallest absolute Gasteiger partial charge is 0.306 e. The van der Waals surface area contributed by atoms with Crippen LogP contribution in [0.15, 0.2) is 12.2 Å². The Morgan fingerprint density at radius 2 is 1.04 bits per heavy atom. The highest BCUT2D eigenvalue weighted by Crippen LogP contribution is 2.22. The monoisotopic (exact) mass is 757 g/mol. The molecular formula is C44H84O9. The quantitative estimate of drug-likeness (QED) is 0.0276. The second-order valence-corrected chi connectivity index (χ2v) is 15.5. The van der Waals surface area contributed by atoms with Crippen LogP contribution in [-0.2, 0) is 23.7 Å². The Hall–Kier alpha value is -1.07. The molecular weight excluding hydrogens is 672 g/mol. The summed E-state index contributed by atoms with van der Waals surface area (Å²) in [7, 11) is 0. The van der Waals surface area contributed by atoms with E-state index in [-0.39, 0.29) is 19.2 Å². The molecule has 6 unspecified atom stereocenters. The summed E-state index contributed by atoms with van der Waals surface area (Å²) in [6.07, 6.45) is 32.4. The second-order valence-electron chi connectivity index (χ2n) is 15.5. The van der Waals surface area contributed by atoms with Crippen molar-refractivity contribution >= 4 is 5.97 Å². The zero-order chi connectivity index (χ0) is 38.6. The van der Waals surface area contributed by atoms with Crippen LogP contribution in [-0.4, -0.2) is 89.6 Å². The number of allylic oxidation sites excluding steroid dienone is 2. The first-order valence-corrected chi connectivity index (χ1v) is 22.3. The molecule has 9 nitrogen and oxygen atoms in total. The van der Waals surface area contributed by atoms with Crippen LogP contribution in [0.4, 0.5) is 0 Å². The molecule has 0 aliphatic carbocycles. The molecule has 0 aromatic rings. The van der Waals surface area contributed by atoms with Gasteiger partial charge in [0.25, 0.3) is 0 Å². The van der Waals surface area contributed by atoms with Gasteiger partial charge in [-0.3, -0.25) is 4.79 Å². The van der Waals surface area contributed by atoms with Gasteiger partial charge in [-0.15, -0.1) is 0 Å². The SMILES string of the molecule is CCCCCCCCC/C=C\CCCCCCCCCCOCC(COC1OC(CO)C(O)C(O)C1O)OC(=O)CCCCCCCCCCCCC. The van der Waals surface area contributed by atoms with Crippen LogP contribution < -0.4 is 0 Å². The molecule has 1 heterocycles. The van der Waals surface area contributed by atoms with Crippen molar-refractivity contribution in [2.75, 3.05) is 26.4 Å². The topological polar surface area (TPSA) is 135 Å². The maximum atomic E-state index is 12.7. The molecule has 0 aromatic carbocycles. The Bertz CT molecular complexity index is 823. The number of aliphatic hydroxyl groups is 4. The van der Waals surface area contributed by atoms with Crippen LogP contribution in [0.5, 0.6) is 0 Å². The van der Waals surface area contributed by atoms with E-state index in [9.17, 15) is 25.2 Å². The van der Waals surface area contributed by atoms with Crippen molar-refractivity contribution in [1.82, 2.24) is 0 Å². The third-order valence-corrected chi connectivity index (χ3v) is 10.4. The van der Waals surface area contributed by atoms with Crippen molar-refractivity contribution in [3.8, 4) is 0 Å². The number of esters is 1. The fourth-order valence-electron chi connectivity index (χ4n) is 6.90. The number of aliphatic hydroxyl groups excluding tert-OH is 4. The van der Waals surface area contributed by atoms with Gasteiger partial charge in [0.05, 0.1) is 19.8 Å². The maximum absolute atomic E-state index is 12.7. The molecule has 0 aromatic heterocycles. The molecule has 4 N–H and O–H groups in total. The van der Waals surface area contributed by atoms with Gasteiger partial charge < -0.3 is 39.4 Å². The molecule has 0 bridgehead atoms. The Morgan fingerprint density at radius 1 is 0.585 bits per heavy atom. The lowest BCUT2D eigenvalue weighted by atomic mass is 9.99. The van der Waals surface area contributed by atoms with Crippen molar-refractivity contribution in [2.24, 2.45) is 0 Å². The Kier molecular flexibility index (Phi) is 34.5. The number of hydrogen-bond donors (Lipinski definition) is 4. The predicted molar refractivity (Wildman–Crippen MR) is 215 cm³/mol. The standard InChI is InChI=1S/C44H84O9/c1-3-5-7-9-11-13-15-16-17-18-19-20-21-22-24-26-28-30-32-34-50-36-38(37-51-44-43(49)42(48)41(47)39(35-45)53-44)52-40(46)33-31-29-27-25-23-14-12-10-8-6-4-2/h17-18,38-39,41-45,47-49H,3-16,19-37H2,1-2H3/b18-17-. The highest BCUT2D eigenvalue weighted by Gasteiger charge is 2.44. The lowest BCUT2D eigenvalue weighted by Crippen LogP contribution is -2.59. The Labute approximate surface area is 325 Å². The van der Waals surface area contributed by atoms with Crippen LogP contribution in [0.25, 0.3) is 0 Å². The van der Waals surface area contributed by atoms with Crippen molar-refractivity contribution in [3.63, 3.8) is 0 Å². The third kappa shape index (κ3) is 28.1. The molecule has 53 heavy (non-hydrogen) atoms. The first-order valence-electron chi connectivity index (χ1n) is 22.3. The van der Waals surface area contributed by atoms with E-state index in [1.165, 1.54) is 148 Å². The van der Waals surface area contributed by atoms with E-state index in [1.807, 2.05) is 0 Å². The van der Waals surface area contributed by atoms with Gasteiger partial charge >= 0.3 is 5.97 Å². The van der Waals surface area contributed by atoms with Gasteiger partial charge in [-0.1, -0.05) is 167 Å². The summed E-state index contributed by atoms with van der Waals surface area (Å²) in [6, 6.07) is 0. The van der Waals surface area contributed by atoms with Crippen LogP contribution in [0.1, 0.15) is 200 Å². The summed E-state index contributed by atoms with van der Waals surface area (Å²) in [5, 5.41) is 40.0. The largest absolute Gasteiger partial charge is 0.457 e. The van der Waals surface area contributed by atoms with E-state index in [2.05, 4.69) is 26.0 Å². The van der Waals surface area contributed by atoms with Gasteiger partial charge in [-0.25, -0.2) is 0 Å².